The minimum atomic E-state index is -1.06. The van der Waals surface area contributed by atoms with Crippen LogP contribution >= 0.6 is 0 Å². The maximum Gasteiger partial charge on any atom is 0.326 e. The molecule has 0 amide bonds. The molecule has 130 valence electrons. The highest BCUT2D eigenvalue weighted by molar-refractivity contribution is 5.79. The molecule has 1 unspecified atom stereocenters. The zero-order chi connectivity index (χ0) is 17.6. The van der Waals surface area contributed by atoms with Gasteiger partial charge in [-0.25, -0.2) is 9.78 Å². The highest BCUT2D eigenvalue weighted by atomic mass is 16.4. The average Bonchev–Trinajstić information content (AvgIpc) is 3.07. The molecule has 0 aliphatic heterocycles. The summed E-state index contributed by atoms with van der Waals surface area (Å²) >= 11 is 0. The summed E-state index contributed by atoms with van der Waals surface area (Å²) in [5, 5.41) is 14.1. The van der Waals surface area contributed by atoms with Gasteiger partial charge in [0, 0.05) is 18.3 Å². The highest BCUT2D eigenvalue weighted by Gasteiger charge is 2.22. The third kappa shape index (κ3) is 2.57. The van der Waals surface area contributed by atoms with Crippen LogP contribution < -0.4 is 5.56 Å². The van der Waals surface area contributed by atoms with Crippen molar-refractivity contribution in [1.29, 1.82) is 0 Å². The van der Waals surface area contributed by atoms with Crippen molar-refractivity contribution < 1.29 is 9.90 Å². The van der Waals surface area contributed by atoms with E-state index < -0.39 is 17.6 Å². The number of carbonyl (C=O) groups is 1. The van der Waals surface area contributed by atoms with E-state index in [1.807, 2.05) is 0 Å². The van der Waals surface area contributed by atoms with Crippen molar-refractivity contribution in [3.05, 3.63) is 34.6 Å². The van der Waals surface area contributed by atoms with E-state index in [0.717, 1.165) is 18.7 Å². The third-order valence-corrected chi connectivity index (χ3v) is 5.02. The van der Waals surface area contributed by atoms with Crippen molar-refractivity contribution in [3.8, 4) is 0 Å². The van der Waals surface area contributed by atoms with Gasteiger partial charge in [-0.3, -0.25) is 4.79 Å². The number of aliphatic carboxylic acids is 1. The third-order valence-electron chi connectivity index (χ3n) is 5.02. The van der Waals surface area contributed by atoms with E-state index in [2.05, 4.69) is 15.1 Å². The van der Waals surface area contributed by atoms with Crippen LogP contribution in [0.15, 0.2) is 23.3 Å². The molecular formula is C17H19N5O3. The molecule has 1 fully saturated rings. The molecule has 0 aromatic carbocycles. The summed E-state index contributed by atoms with van der Waals surface area (Å²) in [5.74, 6) is 0.535. The lowest BCUT2D eigenvalue weighted by Gasteiger charge is -2.17. The van der Waals surface area contributed by atoms with Gasteiger partial charge in [-0.05, 0) is 25.8 Å². The van der Waals surface area contributed by atoms with E-state index in [1.165, 1.54) is 43.1 Å². The van der Waals surface area contributed by atoms with Gasteiger partial charge >= 0.3 is 5.97 Å². The largest absolute Gasteiger partial charge is 0.480 e. The fourth-order valence-corrected chi connectivity index (χ4v) is 3.51. The lowest BCUT2D eigenvalue weighted by molar-refractivity contribution is -0.140. The minimum absolute atomic E-state index is 0.336. The zero-order valence-corrected chi connectivity index (χ0v) is 13.9. The Bertz CT molecular complexity index is 1020. The van der Waals surface area contributed by atoms with Crippen molar-refractivity contribution in [1.82, 2.24) is 24.1 Å². The molecule has 1 atom stereocenters. The number of aromatic nitrogens is 5. The number of carboxylic acid groups (broad SMARTS) is 1. The van der Waals surface area contributed by atoms with Crippen molar-refractivity contribution >= 4 is 22.6 Å². The van der Waals surface area contributed by atoms with Gasteiger partial charge in [0.25, 0.3) is 11.3 Å². The number of hydrogen-bond acceptors (Lipinski definition) is 5. The van der Waals surface area contributed by atoms with E-state index in [4.69, 9.17) is 5.11 Å². The molecule has 1 N–H and O–H groups in total. The molecule has 3 heterocycles. The second kappa shape index (κ2) is 5.94. The van der Waals surface area contributed by atoms with Gasteiger partial charge in [0.05, 0.1) is 10.9 Å². The Labute approximate surface area is 143 Å². The second-order valence-corrected chi connectivity index (χ2v) is 6.62. The van der Waals surface area contributed by atoms with Crippen LogP contribution in [0.1, 0.15) is 56.8 Å². The molecule has 8 nitrogen and oxygen atoms in total. The van der Waals surface area contributed by atoms with E-state index >= 15 is 0 Å². The van der Waals surface area contributed by atoms with Crippen LogP contribution in [0.5, 0.6) is 0 Å². The molecule has 8 heteroatoms. The second-order valence-electron chi connectivity index (χ2n) is 6.62. The molecular weight excluding hydrogens is 322 g/mol. The van der Waals surface area contributed by atoms with E-state index in [9.17, 15) is 9.59 Å². The molecule has 1 saturated carbocycles. The Kier molecular flexibility index (Phi) is 3.74. The normalized spacial score (nSPS) is 17.2. The summed E-state index contributed by atoms with van der Waals surface area (Å²) in [7, 11) is 0. The van der Waals surface area contributed by atoms with Crippen LogP contribution in [0.4, 0.5) is 0 Å². The lowest BCUT2D eigenvalue weighted by atomic mass is 9.89. The summed E-state index contributed by atoms with van der Waals surface area (Å²) in [6.45, 7) is 1.47. The molecule has 1 aliphatic rings. The van der Waals surface area contributed by atoms with E-state index in [-0.39, 0.29) is 0 Å². The monoisotopic (exact) mass is 341 g/mol. The van der Waals surface area contributed by atoms with Gasteiger partial charge in [0.2, 0.25) is 0 Å². The Morgan fingerprint density at radius 1 is 1.32 bits per heavy atom. The van der Waals surface area contributed by atoms with Gasteiger partial charge in [-0.2, -0.15) is 9.50 Å². The zero-order valence-electron chi connectivity index (χ0n) is 13.9. The molecule has 4 rings (SSSR count). The van der Waals surface area contributed by atoms with Gasteiger partial charge in [-0.15, -0.1) is 5.10 Å². The van der Waals surface area contributed by atoms with Gasteiger partial charge in [-0.1, -0.05) is 19.3 Å². The average molecular weight is 341 g/mol. The maximum absolute atomic E-state index is 12.6. The summed E-state index contributed by atoms with van der Waals surface area (Å²) in [6.07, 6.45) is 8.74. The first kappa shape index (κ1) is 15.7. The van der Waals surface area contributed by atoms with Crippen LogP contribution in [-0.2, 0) is 4.79 Å². The van der Waals surface area contributed by atoms with Gasteiger partial charge < -0.3 is 9.67 Å². The van der Waals surface area contributed by atoms with Gasteiger partial charge in [0.1, 0.15) is 6.04 Å². The number of rotatable bonds is 3. The Morgan fingerprint density at radius 2 is 2.08 bits per heavy atom. The smallest absolute Gasteiger partial charge is 0.326 e. The van der Waals surface area contributed by atoms with Gasteiger partial charge in [0.15, 0.2) is 5.82 Å². The molecule has 3 aromatic heterocycles. The van der Waals surface area contributed by atoms with Crippen molar-refractivity contribution in [2.24, 2.45) is 0 Å². The van der Waals surface area contributed by atoms with E-state index in [0.29, 0.717) is 22.6 Å². The topological polar surface area (TPSA) is 102 Å². The first-order chi connectivity index (χ1) is 12.1. The quantitative estimate of drug-likeness (QED) is 0.783. The summed E-state index contributed by atoms with van der Waals surface area (Å²) in [4.78, 5) is 32.6. The fourth-order valence-electron chi connectivity index (χ4n) is 3.51. The molecule has 1 aliphatic carbocycles. The lowest BCUT2D eigenvalue weighted by Crippen LogP contribution is -2.28. The molecule has 0 saturated heterocycles. The van der Waals surface area contributed by atoms with Crippen LogP contribution in [-0.4, -0.2) is 35.2 Å². The van der Waals surface area contributed by atoms with E-state index in [1.54, 1.807) is 10.6 Å². The van der Waals surface area contributed by atoms with Crippen molar-refractivity contribution in [2.75, 3.05) is 0 Å². The Hall–Kier alpha value is -2.77. The van der Waals surface area contributed by atoms with Crippen molar-refractivity contribution in [3.63, 3.8) is 0 Å². The Balaban J connectivity index is 1.86. The number of fused-ring (bicyclic) bond motifs is 3. The highest BCUT2D eigenvalue weighted by Crippen LogP contribution is 2.31. The SMILES string of the molecule is CC(C(=O)O)n1ccc2c(cnc3nc(C4CCCCC4)nn32)c1=O. The number of carboxylic acids is 1. The predicted octanol–water partition coefficient (Wildman–Crippen LogP) is 2.13. The number of nitrogens with zero attached hydrogens (tertiary/aromatic N) is 5. The van der Waals surface area contributed by atoms with Crippen LogP contribution in [0.3, 0.4) is 0 Å². The molecule has 25 heavy (non-hydrogen) atoms. The van der Waals surface area contributed by atoms with Crippen LogP contribution in [0.2, 0.25) is 0 Å². The Morgan fingerprint density at radius 3 is 2.80 bits per heavy atom. The fraction of sp³-hybridized carbons (Fsp3) is 0.471. The molecule has 3 aromatic rings. The molecule has 0 bridgehead atoms. The number of hydrogen-bond donors (Lipinski definition) is 1. The maximum atomic E-state index is 12.6. The molecule has 0 radical (unpaired) electrons. The summed E-state index contributed by atoms with van der Waals surface area (Å²) < 4.78 is 2.79. The van der Waals surface area contributed by atoms with Crippen LogP contribution in [0, 0.1) is 0 Å². The summed E-state index contributed by atoms with van der Waals surface area (Å²) in [6, 6.07) is 0.755. The van der Waals surface area contributed by atoms with Crippen LogP contribution in [0.25, 0.3) is 16.7 Å². The molecule has 0 spiro atoms. The standard InChI is InChI=1S/C17H19N5O3/c1-10(16(24)25)21-8-7-13-12(15(21)23)9-18-17-19-14(20-22(13)17)11-5-3-2-4-6-11/h7-11H,2-6H2,1H3,(H,24,25). The first-order valence-electron chi connectivity index (χ1n) is 8.55. The first-order valence-corrected chi connectivity index (χ1v) is 8.55. The number of pyridine rings is 1. The minimum Gasteiger partial charge on any atom is -0.480 e. The van der Waals surface area contributed by atoms with Crippen molar-refractivity contribution in [2.45, 2.75) is 51.0 Å². The summed E-state index contributed by atoms with van der Waals surface area (Å²) in [5.41, 5.74) is 0.204. The predicted molar refractivity (Wildman–Crippen MR) is 90.7 cm³/mol.